The first-order chi connectivity index (χ1) is 4.97. The Hall–Kier alpha value is -1.45. The summed E-state index contributed by atoms with van der Waals surface area (Å²) < 4.78 is 0. The van der Waals surface area contributed by atoms with Gasteiger partial charge in [-0.05, 0) is 0 Å². The molecule has 0 spiro atoms. The molecule has 1 aliphatic rings. The number of aromatic nitrogens is 2. The summed E-state index contributed by atoms with van der Waals surface area (Å²) in [5.41, 5.74) is 4.63. The van der Waals surface area contributed by atoms with Crippen LogP contribution in [0.5, 0.6) is 0 Å². The van der Waals surface area contributed by atoms with Gasteiger partial charge in [0.2, 0.25) is 0 Å². The predicted octanol–water partition coefficient (Wildman–Crippen LogP) is -0.0863. The van der Waals surface area contributed by atoms with E-state index >= 15 is 0 Å². The molecule has 2 heterocycles. The first-order valence-corrected chi connectivity index (χ1v) is 3.02. The third-order valence-corrected chi connectivity index (χ3v) is 1.33. The molecule has 4 heteroatoms. The first-order valence-electron chi connectivity index (χ1n) is 3.02. The van der Waals surface area contributed by atoms with E-state index in [1.165, 1.54) is 0 Å². The van der Waals surface area contributed by atoms with E-state index < -0.39 is 0 Å². The van der Waals surface area contributed by atoms with E-state index in [0.29, 0.717) is 6.54 Å². The van der Waals surface area contributed by atoms with Crippen LogP contribution in [0.25, 0.3) is 0 Å². The van der Waals surface area contributed by atoms with Crippen LogP contribution in [0.3, 0.4) is 0 Å². The minimum Gasteiger partial charge on any atom is -0.304 e. The average molecular weight is 134 g/mol. The Morgan fingerprint density at radius 1 is 1.30 bits per heavy atom. The maximum atomic E-state index is 4.10. The zero-order chi connectivity index (χ0) is 6.81. The molecule has 1 aromatic rings. The number of nitrogens with zero attached hydrogens (tertiary/aromatic N) is 3. The summed E-state index contributed by atoms with van der Waals surface area (Å²) in [5, 5.41) is 3.84. The normalized spacial score (nSPS) is 14.0. The molecule has 0 aliphatic carbocycles. The van der Waals surface area contributed by atoms with Crippen LogP contribution in [-0.4, -0.2) is 16.2 Å². The number of rotatable bonds is 0. The lowest BCUT2D eigenvalue weighted by molar-refractivity contribution is 0.708. The van der Waals surface area contributed by atoms with Crippen molar-refractivity contribution >= 4 is 6.21 Å². The third-order valence-electron chi connectivity index (χ3n) is 1.33. The number of fused-ring (bicyclic) bond motifs is 1. The van der Waals surface area contributed by atoms with Crippen molar-refractivity contribution in [2.45, 2.75) is 6.54 Å². The van der Waals surface area contributed by atoms with Gasteiger partial charge in [0.05, 0.1) is 18.5 Å². The van der Waals surface area contributed by atoms with Crippen LogP contribution in [0.15, 0.2) is 17.5 Å². The fraction of sp³-hybridized carbons (Fsp3) is 0.167. The summed E-state index contributed by atoms with van der Waals surface area (Å²) in [5.74, 6) is 0. The van der Waals surface area contributed by atoms with Crippen LogP contribution in [0.1, 0.15) is 11.4 Å². The van der Waals surface area contributed by atoms with E-state index in [1.54, 1.807) is 18.6 Å². The number of hydrazone groups is 1. The predicted molar refractivity (Wildman–Crippen MR) is 36.5 cm³/mol. The Labute approximate surface area is 58.0 Å². The maximum Gasteiger partial charge on any atom is 0.106 e. The van der Waals surface area contributed by atoms with E-state index in [9.17, 15) is 0 Å². The molecule has 50 valence electrons. The lowest BCUT2D eigenvalue weighted by atomic mass is 10.3. The molecule has 4 nitrogen and oxygen atoms in total. The standard InChI is InChI=1S/C6H6N4/c1-2-8-6-4-10-9-3-5(6)7-1/h1-3,10H,4H2. The van der Waals surface area contributed by atoms with Gasteiger partial charge in [-0.25, -0.2) is 0 Å². The number of nitrogens with one attached hydrogen (secondary N) is 1. The highest BCUT2D eigenvalue weighted by molar-refractivity contribution is 5.78. The van der Waals surface area contributed by atoms with Crippen molar-refractivity contribution < 1.29 is 0 Å². The second kappa shape index (κ2) is 2.06. The second-order valence-electron chi connectivity index (χ2n) is 1.98. The summed E-state index contributed by atoms with van der Waals surface area (Å²) in [7, 11) is 0. The topological polar surface area (TPSA) is 50.2 Å². The molecular formula is C6H6N4. The molecule has 0 aromatic carbocycles. The molecule has 0 bridgehead atoms. The molecule has 0 radical (unpaired) electrons. The molecular weight excluding hydrogens is 128 g/mol. The van der Waals surface area contributed by atoms with Gasteiger partial charge in [0.15, 0.2) is 0 Å². The van der Waals surface area contributed by atoms with Crippen molar-refractivity contribution in [3.63, 3.8) is 0 Å². The van der Waals surface area contributed by atoms with E-state index in [-0.39, 0.29) is 0 Å². The molecule has 0 amide bonds. The summed E-state index contributed by atoms with van der Waals surface area (Å²) in [6.45, 7) is 0.680. The van der Waals surface area contributed by atoms with Crippen molar-refractivity contribution in [2.75, 3.05) is 0 Å². The van der Waals surface area contributed by atoms with Crippen molar-refractivity contribution in [3.8, 4) is 0 Å². The molecule has 0 saturated carbocycles. The SMILES string of the molecule is C1=NNCc2nccnc21. The van der Waals surface area contributed by atoms with Crippen molar-refractivity contribution in [1.82, 2.24) is 15.4 Å². The number of hydrogen-bond acceptors (Lipinski definition) is 4. The summed E-state index contributed by atoms with van der Waals surface area (Å²) in [4.78, 5) is 8.17. The smallest absolute Gasteiger partial charge is 0.106 e. The molecule has 0 unspecified atom stereocenters. The van der Waals surface area contributed by atoms with Crippen LogP contribution in [0.4, 0.5) is 0 Å². The summed E-state index contributed by atoms with van der Waals surface area (Å²) in [6.07, 6.45) is 5.02. The van der Waals surface area contributed by atoms with Crippen LogP contribution >= 0.6 is 0 Å². The average Bonchev–Trinajstić information content (AvgIpc) is 2.05. The Kier molecular flexibility index (Phi) is 1.10. The zero-order valence-electron chi connectivity index (χ0n) is 5.28. The third kappa shape index (κ3) is 0.737. The largest absolute Gasteiger partial charge is 0.304 e. The quantitative estimate of drug-likeness (QED) is 0.539. The minimum atomic E-state index is 0.680. The van der Waals surface area contributed by atoms with Crippen LogP contribution in [-0.2, 0) is 6.54 Å². The van der Waals surface area contributed by atoms with Gasteiger partial charge >= 0.3 is 0 Å². The zero-order valence-corrected chi connectivity index (χ0v) is 5.28. The number of hydrogen-bond donors (Lipinski definition) is 1. The second-order valence-corrected chi connectivity index (χ2v) is 1.98. The van der Waals surface area contributed by atoms with Crippen LogP contribution in [0.2, 0.25) is 0 Å². The molecule has 0 saturated heterocycles. The van der Waals surface area contributed by atoms with E-state index in [0.717, 1.165) is 11.4 Å². The van der Waals surface area contributed by atoms with Crippen molar-refractivity contribution in [3.05, 3.63) is 23.8 Å². The summed E-state index contributed by atoms with van der Waals surface area (Å²) >= 11 is 0. The van der Waals surface area contributed by atoms with E-state index in [4.69, 9.17) is 0 Å². The van der Waals surface area contributed by atoms with Gasteiger partial charge in [-0.15, -0.1) is 0 Å². The van der Waals surface area contributed by atoms with Crippen LogP contribution < -0.4 is 5.43 Å². The molecule has 0 atom stereocenters. The monoisotopic (exact) mass is 134 g/mol. The van der Waals surface area contributed by atoms with Gasteiger partial charge in [-0.2, -0.15) is 5.10 Å². The first kappa shape index (κ1) is 5.34. The van der Waals surface area contributed by atoms with Gasteiger partial charge < -0.3 is 5.43 Å². The maximum absolute atomic E-state index is 4.10. The highest BCUT2D eigenvalue weighted by atomic mass is 15.3. The Morgan fingerprint density at radius 3 is 3.10 bits per heavy atom. The Balaban J connectivity index is 2.54. The molecule has 1 N–H and O–H groups in total. The lowest BCUT2D eigenvalue weighted by Crippen LogP contribution is -2.15. The molecule has 1 aromatic heterocycles. The minimum absolute atomic E-state index is 0.680. The van der Waals surface area contributed by atoms with Gasteiger partial charge in [0.1, 0.15) is 5.69 Å². The molecule has 2 rings (SSSR count). The van der Waals surface area contributed by atoms with Gasteiger partial charge in [-0.1, -0.05) is 0 Å². The fourth-order valence-corrected chi connectivity index (χ4v) is 0.849. The van der Waals surface area contributed by atoms with Gasteiger partial charge in [0.25, 0.3) is 0 Å². The van der Waals surface area contributed by atoms with E-state index in [1.807, 2.05) is 0 Å². The molecule has 0 fully saturated rings. The fourth-order valence-electron chi connectivity index (χ4n) is 0.849. The van der Waals surface area contributed by atoms with Crippen LogP contribution in [0, 0.1) is 0 Å². The Bertz CT molecular complexity index is 268. The highest BCUT2D eigenvalue weighted by Crippen LogP contribution is 2.00. The summed E-state index contributed by atoms with van der Waals surface area (Å²) in [6, 6.07) is 0. The molecule has 10 heavy (non-hydrogen) atoms. The van der Waals surface area contributed by atoms with E-state index in [2.05, 4.69) is 20.5 Å². The molecule has 1 aliphatic heterocycles. The van der Waals surface area contributed by atoms with Crippen molar-refractivity contribution in [1.29, 1.82) is 0 Å². The Morgan fingerprint density at radius 2 is 2.20 bits per heavy atom. The highest BCUT2D eigenvalue weighted by Gasteiger charge is 2.04. The van der Waals surface area contributed by atoms with Gasteiger partial charge in [0, 0.05) is 12.4 Å². The lowest BCUT2D eigenvalue weighted by Gasteiger charge is -2.06. The van der Waals surface area contributed by atoms with Crippen molar-refractivity contribution in [2.24, 2.45) is 5.10 Å². The van der Waals surface area contributed by atoms with Gasteiger partial charge in [-0.3, -0.25) is 9.97 Å².